The van der Waals surface area contributed by atoms with Crippen molar-refractivity contribution in [2.75, 3.05) is 7.11 Å². The SMILES string of the molecule is CC[C@H](C)Oc1c(Cl)cc(C=Nc2ccccc2)cc1OC. The number of rotatable bonds is 6. The Morgan fingerprint density at radius 3 is 2.59 bits per heavy atom. The molecule has 0 aliphatic heterocycles. The predicted molar refractivity (Wildman–Crippen MR) is 92.1 cm³/mol. The molecule has 2 rings (SSSR count). The summed E-state index contributed by atoms with van der Waals surface area (Å²) < 4.78 is 11.2. The molecule has 0 N–H and O–H groups in total. The zero-order chi connectivity index (χ0) is 15.9. The van der Waals surface area contributed by atoms with Crippen LogP contribution in [0.1, 0.15) is 25.8 Å². The maximum atomic E-state index is 6.33. The Labute approximate surface area is 136 Å². The topological polar surface area (TPSA) is 30.8 Å². The molecular formula is C18H20ClNO2. The number of hydrogen-bond donors (Lipinski definition) is 0. The van der Waals surface area contributed by atoms with Crippen molar-refractivity contribution in [2.24, 2.45) is 4.99 Å². The van der Waals surface area contributed by atoms with Crippen molar-refractivity contribution in [1.82, 2.24) is 0 Å². The van der Waals surface area contributed by atoms with Gasteiger partial charge in [0.2, 0.25) is 0 Å². The Kier molecular flexibility index (Phi) is 5.84. The molecule has 0 aliphatic rings. The molecule has 0 aromatic heterocycles. The van der Waals surface area contributed by atoms with Crippen molar-refractivity contribution in [1.29, 1.82) is 0 Å². The average molecular weight is 318 g/mol. The van der Waals surface area contributed by atoms with Crippen molar-refractivity contribution in [3.63, 3.8) is 0 Å². The summed E-state index contributed by atoms with van der Waals surface area (Å²) in [6, 6.07) is 13.4. The molecule has 0 fully saturated rings. The lowest BCUT2D eigenvalue weighted by Crippen LogP contribution is -2.11. The molecule has 0 saturated carbocycles. The van der Waals surface area contributed by atoms with Gasteiger partial charge in [0, 0.05) is 6.21 Å². The van der Waals surface area contributed by atoms with Gasteiger partial charge in [-0.2, -0.15) is 0 Å². The van der Waals surface area contributed by atoms with E-state index in [0.717, 1.165) is 17.7 Å². The monoisotopic (exact) mass is 317 g/mol. The lowest BCUT2D eigenvalue weighted by Gasteiger charge is -2.17. The molecule has 0 heterocycles. The van der Waals surface area contributed by atoms with Gasteiger partial charge in [0.25, 0.3) is 0 Å². The lowest BCUT2D eigenvalue weighted by molar-refractivity contribution is 0.208. The molecule has 4 heteroatoms. The fraction of sp³-hybridized carbons (Fsp3) is 0.278. The van der Waals surface area contributed by atoms with E-state index in [4.69, 9.17) is 21.1 Å². The number of methoxy groups -OCH3 is 1. The van der Waals surface area contributed by atoms with Crippen molar-refractivity contribution in [3.8, 4) is 11.5 Å². The Balaban J connectivity index is 2.27. The van der Waals surface area contributed by atoms with Crippen LogP contribution in [-0.4, -0.2) is 19.4 Å². The molecular weight excluding hydrogens is 298 g/mol. The minimum Gasteiger partial charge on any atom is -0.493 e. The summed E-state index contributed by atoms with van der Waals surface area (Å²) in [4.78, 5) is 4.42. The van der Waals surface area contributed by atoms with Gasteiger partial charge in [-0.3, -0.25) is 4.99 Å². The van der Waals surface area contributed by atoms with E-state index in [-0.39, 0.29) is 6.10 Å². The summed E-state index contributed by atoms with van der Waals surface area (Å²) >= 11 is 6.33. The summed E-state index contributed by atoms with van der Waals surface area (Å²) in [6.07, 6.45) is 2.74. The summed E-state index contributed by atoms with van der Waals surface area (Å²) in [5.74, 6) is 1.19. The van der Waals surface area contributed by atoms with Gasteiger partial charge in [0.15, 0.2) is 11.5 Å². The molecule has 0 spiro atoms. The van der Waals surface area contributed by atoms with Crippen LogP contribution in [0.15, 0.2) is 47.5 Å². The second kappa shape index (κ2) is 7.85. The first-order valence-corrected chi connectivity index (χ1v) is 7.65. The molecule has 0 amide bonds. The molecule has 3 nitrogen and oxygen atoms in total. The number of para-hydroxylation sites is 1. The largest absolute Gasteiger partial charge is 0.493 e. The Morgan fingerprint density at radius 2 is 1.95 bits per heavy atom. The third-order valence-corrected chi connectivity index (χ3v) is 3.55. The van der Waals surface area contributed by atoms with E-state index in [9.17, 15) is 0 Å². The molecule has 2 aromatic rings. The van der Waals surface area contributed by atoms with Gasteiger partial charge in [0.1, 0.15) is 0 Å². The molecule has 2 aromatic carbocycles. The van der Waals surface area contributed by atoms with Crippen LogP contribution in [0, 0.1) is 0 Å². The van der Waals surface area contributed by atoms with Crippen molar-refractivity contribution in [2.45, 2.75) is 26.4 Å². The maximum Gasteiger partial charge on any atom is 0.180 e. The number of ether oxygens (including phenoxy) is 2. The highest BCUT2D eigenvalue weighted by molar-refractivity contribution is 6.32. The van der Waals surface area contributed by atoms with Crippen LogP contribution in [0.3, 0.4) is 0 Å². The Hall–Kier alpha value is -2.00. The predicted octanol–water partition coefficient (Wildman–Crippen LogP) is 5.28. The van der Waals surface area contributed by atoms with Gasteiger partial charge in [0.05, 0.1) is 23.9 Å². The summed E-state index contributed by atoms with van der Waals surface area (Å²) in [7, 11) is 1.60. The highest BCUT2D eigenvalue weighted by atomic mass is 35.5. The second-order valence-electron chi connectivity index (χ2n) is 4.96. The van der Waals surface area contributed by atoms with Crippen LogP contribution in [-0.2, 0) is 0 Å². The lowest BCUT2D eigenvalue weighted by atomic mass is 10.2. The van der Waals surface area contributed by atoms with Gasteiger partial charge in [-0.15, -0.1) is 0 Å². The highest BCUT2D eigenvalue weighted by Gasteiger charge is 2.13. The number of aliphatic imine (C=N–C) groups is 1. The third-order valence-electron chi connectivity index (χ3n) is 3.26. The van der Waals surface area contributed by atoms with E-state index in [1.54, 1.807) is 13.3 Å². The molecule has 0 aliphatic carbocycles. The Morgan fingerprint density at radius 1 is 1.23 bits per heavy atom. The first-order chi connectivity index (χ1) is 10.6. The van der Waals surface area contributed by atoms with Crippen LogP contribution in [0.4, 0.5) is 5.69 Å². The summed E-state index contributed by atoms with van der Waals surface area (Å²) in [5.41, 5.74) is 1.75. The normalized spacial score (nSPS) is 12.4. The number of nitrogens with zero attached hydrogens (tertiary/aromatic N) is 1. The summed E-state index contributed by atoms with van der Waals surface area (Å²) in [5, 5.41) is 0.522. The zero-order valence-electron chi connectivity index (χ0n) is 13.0. The first kappa shape index (κ1) is 16.4. The number of halogens is 1. The van der Waals surface area contributed by atoms with Gasteiger partial charge in [-0.1, -0.05) is 36.7 Å². The molecule has 1 atom stereocenters. The fourth-order valence-corrected chi connectivity index (χ4v) is 2.14. The molecule has 0 radical (unpaired) electrons. The average Bonchev–Trinajstić information content (AvgIpc) is 2.55. The van der Waals surface area contributed by atoms with E-state index < -0.39 is 0 Å². The first-order valence-electron chi connectivity index (χ1n) is 7.27. The smallest absolute Gasteiger partial charge is 0.180 e. The van der Waals surface area contributed by atoms with Gasteiger partial charge in [-0.05, 0) is 43.2 Å². The van der Waals surface area contributed by atoms with Crippen LogP contribution in [0.25, 0.3) is 0 Å². The minimum atomic E-state index is 0.0789. The molecule has 0 saturated heterocycles. The van der Waals surface area contributed by atoms with Crippen molar-refractivity contribution in [3.05, 3.63) is 53.1 Å². The quantitative estimate of drug-likeness (QED) is 0.679. The van der Waals surface area contributed by atoms with Crippen LogP contribution < -0.4 is 9.47 Å². The molecule has 0 bridgehead atoms. The molecule has 0 unspecified atom stereocenters. The van der Waals surface area contributed by atoms with Crippen molar-refractivity contribution >= 4 is 23.5 Å². The minimum absolute atomic E-state index is 0.0789. The van der Waals surface area contributed by atoms with Crippen molar-refractivity contribution < 1.29 is 9.47 Å². The highest BCUT2D eigenvalue weighted by Crippen LogP contribution is 2.37. The van der Waals surface area contributed by atoms with Crippen LogP contribution >= 0.6 is 11.6 Å². The van der Waals surface area contributed by atoms with Gasteiger partial charge < -0.3 is 9.47 Å². The molecule has 116 valence electrons. The second-order valence-corrected chi connectivity index (χ2v) is 5.37. The molecule has 22 heavy (non-hydrogen) atoms. The fourth-order valence-electron chi connectivity index (χ4n) is 1.88. The van der Waals surface area contributed by atoms with E-state index in [2.05, 4.69) is 11.9 Å². The maximum absolute atomic E-state index is 6.33. The zero-order valence-corrected chi connectivity index (χ0v) is 13.8. The van der Waals surface area contributed by atoms with E-state index in [1.807, 2.05) is 49.4 Å². The standard InChI is InChI=1S/C18H20ClNO2/c1-4-13(2)22-18-16(19)10-14(11-17(18)21-3)12-20-15-8-6-5-7-9-15/h5-13H,4H2,1-3H3/t13-/m0/s1. The van der Waals surface area contributed by atoms with E-state index in [0.29, 0.717) is 16.5 Å². The van der Waals surface area contributed by atoms with E-state index >= 15 is 0 Å². The number of benzene rings is 2. The summed E-state index contributed by atoms with van der Waals surface area (Å²) in [6.45, 7) is 4.06. The number of hydrogen-bond acceptors (Lipinski definition) is 3. The van der Waals surface area contributed by atoms with Crippen LogP contribution in [0.2, 0.25) is 5.02 Å². The van der Waals surface area contributed by atoms with E-state index in [1.165, 1.54) is 0 Å². The van der Waals surface area contributed by atoms with Gasteiger partial charge >= 0.3 is 0 Å². The van der Waals surface area contributed by atoms with Gasteiger partial charge in [-0.25, -0.2) is 0 Å². The Bertz CT molecular complexity index is 641. The third kappa shape index (κ3) is 4.25. The van der Waals surface area contributed by atoms with Crippen LogP contribution in [0.5, 0.6) is 11.5 Å².